The van der Waals surface area contributed by atoms with Gasteiger partial charge in [0, 0.05) is 5.56 Å². The second-order valence-corrected chi connectivity index (χ2v) is 5.65. The van der Waals surface area contributed by atoms with Gasteiger partial charge in [-0.2, -0.15) is 0 Å². The summed E-state index contributed by atoms with van der Waals surface area (Å²) < 4.78 is 19.1. The van der Waals surface area contributed by atoms with Crippen LogP contribution in [0.1, 0.15) is 35.6 Å². The maximum absolute atomic E-state index is 13.4. The van der Waals surface area contributed by atoms with Crippen molar-refractivity contribution in [1.82, 2.24) is 0 Å². The predicted molar refractivity (Wildman–Crippen MR) is 80.1 cm³/mol. The molecule has 0 spiro atoms. The summed E-state index contributed by atoms with van der Waals surface area (Å²) in [6.45, 7) is 0.220. The Kier molecular flexibility index (Phi) is 4.13. The van der Waals surface area contributed by atoms with Gasteiger partial charge < -0.3 is 9.84 Å². The number of aliphatic hydroxyl groups is 1. The molecule has 0 amide bonds. The minimum absolute atomic E-state index is 0.103. The lowest BCUT2D eigenvalue weighted by Crippen LogP contribution is -2.09. The van der Waals surface area contributed by atoms with Crippen molar-refractivity contribution in [3.8, 4) is 5.75 Å². The predicted octanol–water partition coefficient (Wildman–Crippen LogP) is 4.43. The highest BCUT2D eigenvalue weighted by atomic mass is 35.5. The number of ether oxygens (including phenoxy) is 1. The van der Waals surface area contributed by atoms with Crippen LogP contribution in [0, 0.1) is 5.82 Å². The van der Waals surface area contributed by atoms with Crippen LogP contribution in [0.2, 0.25) is 5.02 Å². The molecule has 0 heterocycles. The molecule has 0 aliphatic heterocycles. The molecule has 1 aliphatic rings. The molecule has 0 saturated heterocycles. The second-order valence-electron chi connectivity index (χ2n) is 5.27. The number of aliphatic hydroxyl groups excluding tert-OH is 1. The van der Waals surface area contributed by atoms with Crippen LogP contribution in [0.3, 0.4) is 0 Å². The Morgan fingerprint density at radius 1 is 1.29 bits per heavy atom. The number of benzene rings is 2. The lowest BCUT2D eigenvalue weighted by molar-refractivity contribution is 0.156. The minimum atomic E-state index is -0.439. The highest BCUT2D eigenvalue weighted by molar-refractivity contribution is 6.31. The van der Waals surface area contributed by atoms with Crippen LogP contribution in [0.5, 0.6) is 5.75 Å². The van der Waals surface area contributed by atoms with Gasteiger partial charge in [-0.25, -0.2) is 4.39 Å². The van der Waals surface area contributed by atoms with Crippen LogP contribution in [-0.4, -0.2) is 5.11 Å². The number of hydrogen-bond donors (Lipinski definition) is 1. The summed E-state index contributed by atoms with van der Waals surface area (Å²) in [6, 6.07) is 10.4. The van der Waals surface area contributed by atoms with E-state index in [2.05, 4.69) is 0 Å². The Hall–Kier alpha value is -1.58. The Morgan fingerprint density at radius 2 is 2.14 bits per heavy atom. The molecule has 1 unspecified atom stereocenters. The van der Waals surface area contributed by atoms with Crippen LogP contribution < -0.4 is 4.74 Å². The fourth-order valence-corrected chi connectivity index (χ4v) is 2.86. The average molecular weight is 307 g/mol. The monoisotopic (exact) mass is 306 g/mol. The maximum Gasteiger partial charge on any atom is 0.142 e. The first-order valence-electron chi connectivity index (χ1n) is 7.02. The molecule has 0 saturated carbocycles. The summed E-state index contributed by atoms with van der Waals surface area (Å²) >= 11 is 5.91. The van der Waals surface area contributed by atoms with Crippen molar-refractivity contribution in [2.45, 2.75) is 32.0 Å². The zero-order chi connectivity index (χ0) is 14.8. The Balaban J connectivity index is 1.75. The summed E-state index contributed by atoms with van der Waals surface area (Å²) in [6.07, 6.45) is 2.37. The standard InChI is InChI=1S/C17H16ClFO2/c18-17-12(4-1-5-15(17)19)10-21-13-7-8-14-11(9-13)3-2-6-16(14)20/h1,4-5,7-9,16,20H,2-3,6,10H2. The van der Waals surface area contributed by atoms with E-state index in [1.54, 1.807) is 12.1 Å². The molecule has 1 atom stereocenters. The van der Waals surface area contributed by atoms with Crippen molar-refractivity contribution >= 4 is 11.6 Å². The van der Waals surface area contributed by atoms with E-state index in [1.807, 2.05) is 18.2 Å². The van der Waals surface area contributed by atoms with Crippen molar-refractivity contribution in [2.75, 3.05) is 0 Å². The zero-order valence-electron chi connectivity index (χ0n) is 11.5. The number of hydrogen-bond acceptors (Lipinski definition) is 2. The first-order chi connectivity index (χ1) is 10.1. The number of fused-ring (bicyclic) bond motifs is 1. The first kappa shape index (κ1) is 14.4. The van der Waals surface area contributed by atoms with Crippen LogP contribution in [0.15, 0.2) is 36.4 Å². The summed E-state index contributed by atoms with van der Waals surface area (Å²) in [5, 5.41) is 10.0. The highest BCUT2D eigenvalue weighted by Gasteiger charge is 2.18. The topological polar surface area (TPSA) is 29.5 Å². The molecule has 0 aromatic heterocycles. The van der Waals surface area contributed by atoms with Gasteiger partial charge in [-0.15, -0.1) is 0 Å². The van der Waals surface area contributed by atoms with Gasteiger partial charge in [0.05, 0.1) is 11.1 Å². The fraction of sp³-hybridized carbons (Fsp3) is 0.294. The van der Waals surface area contributed by atoms with Crippen molar-refractivity contribution < 1.29 is 14.2 Å². The molecule has 110 valence electrons. The molecular weight excluding hydrogens is 291 g/mol. The molecule has 2 aromatic carbocycles. The van der Waals surface area contributed by atoms with E-state index in [4.69, 9.17) is 16.3 Å². The molecule has 21 heavy (non-hydrogen) atoms. The van der Waals surface area contributed by atoms with Gasteiger partial charge >= 0.3 is 0 Å². The van der Waals surface area contributed by atoms with Crippen LogP contribution in [0.4, 0.5) is 4.39 Å². The largest absolute Gasteiger partial charge is 0.489 e. The molecule has 1 aliphatic carbocycles. The number of halogens is 2. The summed E-state index contributed by atoms with van der Waals surface area (Å²) in [4.78, 5) is 0. The molecule has 3 rings (SSSR count). The molecule has 2 nitrogen and oxygen atoms in total. The van der Waals surface area contributed by atoms with E-state index in [9.17, 15) is 9.50 Å². The number of rotatable bonds is 3. The Labute approximate surface area is 128 Å². The minimum Gasteiger partial charge on any atom is -0.489 e. The molecule has 4 heteroatoms. The van der Waals surface area contributed by atoms with Crippen LogP contribution in [-0.2, 0) is 13.0 Å². The summed E-state index contributed by atoms with van der Waals surface area (Å²) in [5.74, 6) is 0.273. The molecular formula is C17H16ClFO2. The van der Waals surface area contributed by atoms with Gasteiger partial charge in [-0.05, 0) is 48.6 Å². The summed E-state index contributed by atoms with van der Waals surface area (Å²) in [5.41, 5.74) is 2.73. The third-order valence-electron chi connectivity index (χ3n) is 3.82. The van der Waals surface area contributed by atoms with Crippen molar-refractivity contribution in [3.05, 3.63) is 63.9 Å². The SMILES string of the molecule is OC1CCCc2cc(OCc3cccc(F)c3Cl)ccc21. The van der Waals surface area contributed by atoms with Gasteiger partial charge in [-0.1, -0.05) is 29.8 Å². The molecule has 0 bridgehead atoms. The van der Waals surface area contributed by atoms with Crippen LogP contribution in [0.25, 0.3) is 0 Å². The Bertz CT molecular complexity index is 657. The molecule has 2 aromatic rings. The second kappa shape index (κ2) is 6.04. The van der Waals surface area contributed by atoms with Crippen molar-refractivity contribution in [2.24, 2.45) is 0 Å². The van der Waals surface area contributed by atoms with Gasteiger partial charge in [-0.3, -0.25) is 0 Å². The zero-order valence-corrected chi connectivity index (χ0v) is 12.2. The van der Waals surface area contributed by atoms with Gasteiger partial charge in [0.1, 0.15) is 18.2 Å². The average Bonchev–Trinajstić information content (AvgIpc) is 2.49. The van der Waals surface area contributed by atoms with Gasteiger partial charge in [0.25, 0.3) is 0 Å². The maximum atomic E-state index is 13.4. The van der Waals surface area contributed by atoms with E-state index in [0.29, 0.717) is 11.3 Å². The van der Waals surface area contributed by atoms with Crippen molar-refractivity contribution in [1.29, 1.82) is 0 Å². The van der Waals surface area contributed by atoms with E-state index in [-0.39, 0.29) is 17.7 Å². The highest BCUT2D eigenvalue weighted by Crippen LogP contribution is 2.32. The lowest BCUT2D eigenvalue weighted by Gasteiger charge is -2.21. The summed E-state index contributed by atoms with van der Waals surface area (Å²) in [7, 11) is 0. The van der Waals surface area contributed by atoms with E-state index in [1.165, 1.54) is 6.07 Å². The lowest BCUT2D eigenvalue weighted by atomic mass is 9.89. The van der Waals surface area contributed by atoms with Crippen molar-refractivity contribution in [3.63, 3.8) is 0 Å². The number of aryl methyl sites for hydroxylation is 1. The molecule has 1 N–H and O–H groups in total. The van der Waals surface area contributed by atoms with E-state index in [0.717, 1.165) is 30.4 Å². The third-order valence-corrected chi connectivity index (χ3v) is 4.25. The quantitative estimate of drug-likeness (QED) is 0.909. The first-order valence-corrected chi connectivity index (χ1v) is 7.39. The molecule has 0 radical (unpaired) electrons. The van der Waals surface area contributed by atoms with Gasteiger partial charge in [0.2, 0.25) is 0 Å². The smallest absolute Gasteiger partial charge is 0.142 e. The van der Waals surface area contributed by atoms with Crippen LogP contribution >= 0.6 is 11.6 Å². The fourth-order valence-electron chi connectivity index (χ4n) is 2.68. The molecule has 0 fully saturated rings. The Morgan fingerprint density at radius 3 is 3.00 bits per heavy atom. The van der Waals surface area contributed by atoms with E-state index >= 15 is 0 Å². The normalized spacial score (nSPS) is 17.4. The third kappa shape index (κ3) is 3.04. The van der Waals surface area contributed by atoms with E-state index < -0.39 is 5.82 Å². The van der Waals surface area contributed by atoms with Gasteiger partial charge in [0.15, 0.2) is 0 Å².